The molecule has 1 heterocycles. The van der Waals surface area contributed by atoms with Crippen LogP contribution in [0.1, 0.15) is 36.6 Å². The van der Waals surface area contributed by atoms with Crippen molar-refractivity contribution in [3.8, 4) is 11.5 Å². The highest BCUT2D eigenvalue weighted by Crippen LogP contribution is 2.34. The Morgan fingerprint density at radius 3 is 2.70 bits per heavy atom. The highest BCUT2D eigenvalue weighted by atomic mass is 127. The van der Waals surface area contributed by atoms with Gasteiger partial charge >= 0.3 is 5.97 Å². The Morgan fingerprint density at radius 1 is 1.16 bits per heavy atom. The number of amides is 1. The minimum Gasteiger partial charge on any atom is -0.487 e. The van der Waals surface area contributed by atoms with Gasteiger partial charge in [0.05, 0.1) is 32.5 Å². The number of hydrogen-bond acceptors (Lipinski definition) is 7. The van der Waals surface area contributed by atoms with Gasteiger partial charge in [-0.05, 0) is 106 Å². The summed E-state index contributed by atoms with van der Waals surface area (Å²) in [6.07, 6.45) is 1.49. The lowest BCUT2D eigenvalue weighted by molar-refractivity contribution is -0.139. The summed E-state index contributed by atoms with van der Waals surface area (Å²) in [5, 5.41) is 10.4. The van der Waals surface area contributed by atoms with E-state index in [4.69, 9.17) is 26.4 Å². The van der Waals surface area contributed by atoms with Crippen LogP contribution in [0, 0.1) is 9.39 Å². The number of carbonyl (C=O) groups excluding carboxylic acids is 2. The molecule has 1 amide bonds. The van der Waals surface area contributed by atoms with E-state index in [9.17, 15) is 14.0 Å². The summed E-state index contributed by atoms with van der Waals surface area (Å²) in [5.74, 6) is -0.288. The first kappa shape index (κ1) is 32.4. The molecule has 0 spiro atoms. The molecule has 1 aliphatic rings. The number of para-hydroxylation sites is 1. The molecule has 0 fully saturated rings. The number of benzene rings is 3. The Morgan fingerprint density at radius 2 is 1.95 bits per heavy atom. The summed E-state index contributed by atoms with van der Waals surface area (Å²) in [6.45, 7) is 3.58. The number of hydrazone groups is 1. The number of esters is 1. The zero-order chi connectivity index (χ0) is 30.9. The molecule has 0 saturated heterocycles. The molecule has 43 heavy (non-hydrogen) atoms. The van der Waals surface area contributed by atoms with Crippen LogP contribution >= 0.6 is 50.7 Å². The summed E-state index contributed by atoms with van der Waals surface area (Å²) in [4.78, 5) is 25.3. The first-order valence-corrected chi connectivity index (χ1v) is 15.3. The maximum absolute atomic E-state index is 13.5. The van der Waals surface area contributed by atoms with Crippen LogP contribution in [0.3, 0.4) is 0 Å². The van der Waals surface area contributed by atoms with E-state index in [1.807, 2.05) is 6.07 Å². The number of carbonyl (C=O) groups is 2. The lowest BCUT2D eigenvalue weighted by Gasteiger charge is -2.30. The Hall–Kier alpha value is -3.56. The minimum absolute atomic E-state index is 0.208. The van der Waals surface area contributed by atoms with Gasteiger partial charge in [-0.2, -0.15) is 5.10 Å². The van der Waals surface area contributed by atoms with E-state index in [1.54, 1.807) is 56.3 Å². The van der Waals surface area contributed by atoms with Gasteiger partial charge in [0.2, 0.25) is 0 Å². The van der Waals surface area contributed by atoms with E-state index in [0.717, 1.165) is 3.57 Å². The number of rotatable bonds is 11. The lowest BCUT2D eigenvalue weighted by Crippen LogP contribution is -2.45. The van der Waals surface area contributed by atoms with E-state index in [2.05, 4.69) is 59.7 Å². The van der Waals surface area contributed by atoms with Crippen molar-refractivity contribution in [1.29, 1.82) is 0 Å². The number of ether oxygens (including phenoxy) is 3. The third-order valence-electron chi connectivity index (χ3n) is 6.05. The minimum atomic E-state index is -0.633. The molecule has 3 aromatic carbocycles. The number of hydrogen-bond donors (Lipinski definition) is 3. The molecule has 9 nitrogen and oxygen atoms in total. The van der Waals surface area contributed by atoms with Gasteiger partial charge in [-0.15, -0.1) is 0 Å². The molecular formula is C30H27BrFIN4O5S. The van der Waals surface area contributed by atoms with Crippen LogP contribution in [0.2, 0.25) is 0 Å². The lowest BCUT2D eigenvalue weighted by atomic mass is 9.95. The second-order valence-electron chi connectivity index (χ2n) is 9.14. The first-order chi connectivity index (χ1) is 20.7. The van der Waals surface area contributed by atoms with Gasteiger partial charge in [0, 0.05) is 11.3 Å². The van der Waals surface area contributed by atoms with E-state index in [-0.39, 0.29) is 25.6 Å². The van der Waals surface area contributed by atoms with Crippen LogP contribution in [0.4, 0.5) is 4.39 Å². The Balaban J connectivity index is 1.38. The van der Waals surface area contributed by atoms with Crippen LogP contribution in [-0.2, 0) is 20.9 Å². The van der Waals surface area contributed by atoms with Crippen molar-refractivity contribution < 1.29 is 28.2 Å². The molecule has 1 atom stereocenters. The molecule has 1 aliphatic heterocycles. The molecule has 0 unspecified atom stereocenters. The molecule has 224 valence electrons. The number of nitrogens with zero attached hydrogens (tertiary/aromatic N) is 1. The van der Waals surface area contributed by atoms with Gasteiger partial charge in [0.1, 0.15) is 23.9 Å². The predicted octanol–water partition coefficient (Wildman–Crippen LogP) is 5.66. The first-order valence-electron chi connectivity index (χ1n) is 13.0. The van der Waals surface area contributed by atoms with Gasteiger partial charge in [0.25, 0.3) is 5.91 Å². The monoisotopic (exact) mass is 780 g/mol. The number of thiocarbonyl (C=S) groups is 1. The fourth-order valence-corrected chi connectivity index (χ4v) is 6.23. The van der Waals surface area contributed by atoms with Crippen molar-refractivity contribution in [3.05, 3.63) is 102 Å². The number of nitrogens with one attached hydrogen (secondary N) is 3. The molecule has 0 radical (unpaired) electrons. The Labute approximate surface area is 275 Å². The molecule has 0 aromatic heterocycles. The summed E-state index contributed by atoms with van der Waals surface area (Å²) in [7, 11) is 0. The molecule has 0 aliphatic carbocycles. The van der Waals surface area contributed by atoms with Crippen LogP contribution in [0.15, 0.2) is 81.5 Å². The third kappa shape index (κ3) is 8.74. The fraction of sp³-hybridized carbons (Fsp3) is 0.200. The van der Waals surface area contributed by atoms with E-state index >= 15 is 0 Å². The summed E-state index contributed by atoms with van der Waals surface area (Å²) in [5.41, 5.74) is 5.43. The largest absolute Gasteiger partial charge is 0.487 e. The van der Waals surface area contributed by atoms with Crippen molar-refractivity contribution in [1.82, 2.24) is 16.1 Å². The predicted molar refractivity (Wildman–Crippen MR) is 176 cm³/mol. The van der Waals surface area contributed by atoms with Crippen LogP contribution in [-0.4, -0.2) is 36.4 Å². The highest BCUT2D eigenvalue weighted by Gasteiger charge is 2.32. The second-order valence-corrected chi connectivity index (χ2v) is 11.6. The zero-order valence-electron chi connectivity index (χ0n) is 23.1. The third-order valence-corrected chi connectivity index (χ3v) is 7.66. The van der Waals surface area contributed by atoms with Crippen molar-refractivity contribution in [2.75, 3.05) is 13.2 Å². The van der Waals surface area contributed by atoms with Crippen molar-refractivity contribution in [2.24, 2.45) is 5.10 Å². The molecule has 0 saturated carbocycles. The molecular weight excluding hydrogens is 754 g/mol. The SMILES string of the molecule is CCOC(=O)C1=C(C)NC(=S)N[C@@H]1c1ccccc1OCC(=O)NN=Cc1cc(Br)c(OCc2cccc(F)c2)c(I)c1. The highest BCUT2D eigenvalue weighted by molar-refractivity contribution is 14.1. The van der Waals surface area contributed by atoms with Crippen LogP contribution in [0.5, 0.6) is 11.5 Å². The second kappa shape index (κ2) is 15.3. The van der Waals surface area contributed by atoms with Crippen LogP contribution < -0.4 is 25.5 Å². The summed E-state index contributed by atoms with van der Waals surface area (Å²) >= 11 is 10.9. The Bertz CT molecular complexity index is 1580. The van der Waals surface area contributed by atoms with Crippen molar-refractivity contribution in [3.63, 3.8) is 0 Å². The van der Waals surface area contributed by atoms with Crippen molar-refractivity contribution in [2.45, 2.75) is 26.5 Å². The number of allylic oxidation sites excluding steroid dienone is 1. The van der Waals surface area contributed by atoms with Gasteiger partial charge in [-0.25, -0.2) is 14.6 Å². The Kier molecular flexibility index (Phi) is 11.5. The van der Waals surface area contributed by atoms with Gasteiger partial charge in [-0.1, -0.05) is 30.3 Å². The smallest absolute Gasteiger partial charge is 0.338 e. The maximum Gasteiger partial charge on any atom is 0.338 e. The van der Waals surface area contributed by atoms with Gasteiger partial charge < -0.3 is 24.8 Å². The van der Waals surface area contributed by atoms with Crippen molar-refractivity contribution >= 4 is 73.9 Å². The van der Waals surface area contributed by atoms with E-state index in [0.29, 0.717) is 49.0 Å². The van der Waals surface area contributed by atoms with E-state index < -0.39 is 17.9 Å². The maximum atomic E-state index is 13.5. The van der Waals surface area contributed by atoms with E-state index in [1.165, 1.54) is 18.3 Å². The summed E-state index contributed by atoms with van der Waals surface area (Å²) in [6, 6.07) is 16.3. The quantitative estimate of drug-likeness (QED) is 0.0753. The topological polar surface area (TPSA) is 110 Å². The van der Waals surface area contributed by atoms with Crippen LogP contribution in [0.25, 0.3) is 0 Å². The standard InChI is InChI=1S/C30H27BrFIN4O5S/c1-3-40-29(39)26-17(2)35-30(43)36-27(26)21-9-4-5-10-24(21)41-16-25(38)37-34-14-19-12-22(31)28(23(33)13-19)42-15-18-7-6-8-20(32)11-18/h4-14,27H,3,15-16H2,1-2H3,(H,37,38)(H2,35,36,43)/t27-/m1/s1. The zero-order valence-corrected chi connectivity index (χ0v) is 27.6. The summed E-state index contributed by atoms with van der Waals surface area (Å²) < 4.78 is 31.9. The normalized spacial score (nSPS) is 14.6. The fourth-order valence-electron chi connectivity index (χ4n) is 4.19. The molecule has 13 heteroatoms. The molecule has 3 aromatic rings. The molecule has 3 N–H and O–H groups in total. The molecule has 4 rings (SSSR count). The molecule has 0 bridgehead atoms. The number of halogens is 3. The van der Waals surface area contributed by atoms with Gasteiger partial charge in [0.15, 0.2) is 11.7 Å². The van der Waals surface area contributed by atoms with Gasteiger partial charge in [-0.3, -0.25) is 4.79 Å². The average molecular weight is 781 g/mol. The average Bonchev–Trinajstić information content (AvgIpc) is 2.95.